The predicted molar refractivity (Wildman–Crippen MR) is 186 cm³/mol. The Morgan fingerprint density at radius 3 is 1.23 bits per heavy atom. The van der Waals surface area contributed by atoms with Crippen molar-refractivity contribution in [3.63, 3.8) is 0 Å². The summed E-state index contributed by atoms with van der Waals surface area (Å²) in [5.41, 5.74) is 0. The zero-order chi connectivity index (χ0) is 45.5. The van der Waals surface area contributed by atoms with Crippen molar-refractivity contribution in [2.45, 2.75) is 179 Å². The van der Waals surface area contributed by atoms with E-state index in [4.69, 9.17) is 52.1 Å². The monoisotopic (exact) mass is 914 g/mol. The van der Waals surface area contributed by atoms with E-state index in [9.17, 15) is 86.8 Å². The Morgan fingerprint density at radius 2 is 0.726 bits per heavy atom. The molecule has 28 heteroatoms. The SMILES string of the molecule is C[C@@H]1O[C@H](O[C@@H]2CO[C@@H](O)[C@H](O)[C@H]2O)[C@H](O)[C@H](O)[C@H]1O[C@@H]1OC[C@H](O[C@H]2O[C@H](CO)[C@@H](O[C@@H]3O[C@H](CO)[C@H](O[C@H]4O[C@H](CO)[C@H](O)[C@@H](O)[C@H]4O)[C@H](O)[C@H]3O)[C@@H](O)[C@H]2O)[C@H](O)[C@H]1O. The van der Waals surface area contributed by atoms with E-state index in [0.29, 0.717) is 0 Å². The molecule has 0 aromatic heterocycles. The standard InChI is InChI=1S/C34H58O28/c1-7-26(17(42)23(48)31(54-7)58-11-5-52-29(51)20(45)14(11)39)60-30-21(46)15(40)12(6-53-30)59-32-24(49)18(43)27(9(3-36)56-32)62-34-25(50)19(44)28(10(4-37)57-34)61-33-22(47)16(41)13(38)8(2-35)55-33/h7-51H,2-6H2,1H3/t7-,8+,9+,10+,11+,12-,13-,14-,15-,16+,17-,18-,19+,20+,21+,22+,23+,24+,25+,26-,27+,28-,29+,30-,31+,32+,33+,34-/m0/s1. The highest BCUT2D eigenvalue weighted by molar-refractivity contribution is 4.98. The van der Waals surface area contributed by atoms with Crippen LogP contribution < -0.4 is 0 Å². The van der Waals surface area contributed by atoms with Crippen molar-refractivity contribution in [2.24, 2.45) is 0 Å². The maximum atomic E-state index is 11.1. The van der Waals surface area contributed by atoms with E-state index >= 15 is 0 Å². The Kier molecular flexibility index (Phi) is 17.2. The summed E-state index contributed by atoms with van der Waals surface area (Å²) in [7, 11) is 0. The Morgan fingerprint density at radius 1 is 0.355 bits per heavy atom. The molecule has 0 aromatic rings. The molecule has 0 unspecified atom stereocenters. The predicted octanol–water partition coefficient (Wildman–Crippen LogP) is -11.8. The van der Waals surface area contributed by atoms with Gasteiger partial charge in [0.2, 0.25) is 0 Å². The van der Waals surface area contributed by atoms with Gasteiger partial charge in [-0.3, -0.25) is 0 Å². The van der Waals surface area contributed by atoms with Gasteiger partial charge in [-0.25, -0.2) is 0 Å². The molecule has 28 nitrogen and oxygen atoms in total. The Bertz CT molecular complexity index is 1380. The minimum absolute atomic E-state index is 0.398. The molecule has 0 aliphatic carbocycles. The van der Waals surface area contributed by atoms with Crippen molar-refractivity contribution in [2.75, 3.05) is 33.0 Å². The normalized spacial score (nSPS) is 54.3. The molecule has 0 saturated carbocycles. The number of aliphatic hydroxyl groups is 17. The molecule has 0 radical (unpaired) electrons. The molecule has 0 spiro atoms. The topological polar surface area (TPSA) is 445 Å². The number of ether oxygens (including phenoxy) is 11. The summed E-state index contributed by atoms with van der Waals surface area (Å²) in [5, 5.41) is 177. The fourth-order valence-corrected chi connectivity index (χ4v) is 7.87. The summed E-state index contributed by atoms with van der Waals surface area (Å²) < 4.78 is 60.5. The minimum Gasteiger partial charge on any atom is -0.394 e. The first-order valence-electron chi connectivity index (χ1n) is 19.8. The van der Waals surface area contributed by atoms with Gasteiger partial charge >= 0.3 is 0 Å². The van der Waals surface area contributed by atoms with E-state index in [1.165, 1.54) is 6.92 Å². The summed E-state index contributed by atoms with van der Waals surface area (Å²) in [4.78, 5) is 0. The van der Waals surface area contributed by atoms with Crippen LogP contribution in [-0.2, 0) is 52.1 Å². The third-order valence-corrected chi connectivity index (χ3v) is 11.6. The lowest BCUT2D eigenvalue weighted by Gasteiger charge is -2.48. The number of aliphatic hydroxyl groups excluding tert-OH is 17. The summed E-state index contributed by atoms with van der Waals surface area (Å²) in [6, 6.07) is 0. The van der Waals surface area contributed by atoms with Crippen LogP contribution in [0.3, 0.4) is 0 Å². The second-order valence-corrected chi connectivity index (χ2v) is 15.8. The van der Waals surface area contributed by atoms with E-state index in [1.807, 2.05) is 0 Å². The molecule has 28 atom stereocenters. The second kappa shape index (κ2) is 21.2. The van der Waals surface area contributed by atoms with Crippen molar-refractivity contribution in [3.8, 4) is 0 Å². The largest absolute Gasteiger partial charge is 0.394 e. The summed E-state index contributed by atoms with van der Waals surface area (Å²) in [6.45, 7) is -2.24. The van der Waals surface area contributed by atoms with Crippen LogP contribution in [0.2, 0.25) is 0 Å². The highest BCUT2D eigenvalue weighted by atomic mass is 16.8. The van der Waals surface area contributed by atoms with Gasteiger partial charge in [0.05, 0.1) is 39.1 Å². The lowest BCUT2D eigenvalue weighted by Crippen LogP contribution is -2.67. The van der Waals surface area contributed by atoms with Crippen LogP contribution in [0, 0.1) is 0 Å². The van der Waals surface area contributed by atoms with Gasteiger partial charge in [-0.15, -0.1) is 0 Å². The molecule has 0 aromatic carbocycles. The van der Waals surface area contributed by atoms with Crippen LogP contribution >= 0.6 is 0 Å². The van der Waals surface area contributed by atoms with E-state index in [2.05, 4.69) is 0 Å². The molecule has 62 heavy (non-hydrogen) atoms. The lowest BCUT2D eigenvalue weighted by atomic mass is 9.96. The van der Waals surface area contributed by atoms with Gasteiger partial charge in [0.15, 0.2) is 37.7 Å². The molecular weight excluding hydrogens is 856 g/mol. The average Bonchev–Trinajstić information content (AvgIpc) is 3.25. The maximum absolute atomic E-state index is 11.1. The molecule has 6 aliphatic heterocycles. The molecule has 0 amide bonds. The van der Waals surface area contributed by atoms with Gasteiger partial charge in [0.25, 0.3) is 0 Å². The fourth-order valence-electron chi connectivity index (χ4n) is 7.87. The Balaban J connectivity index is 1.02. The van der Waals surface area contributed by atoms with Crippen molar-refractivity contribution in [1.29, 1.82) is 0 Å². The highest BCUT2D eigenvalue weighted by Gasteiger charge is 2.55. The minimum atomic E-state index is -2.06. The van der Waals surface area contributed by atoms with E-state index in [1.54, 1.807) is 0 Å². The van der Waals surface area contributed by atoms with Crippen LogP contribution in [0.5, 0.6) is 0 Å². The van der Waals surface area contributed by atoms with Gasteiger partial charge in [0, 0.05) is 0 Å². The first-order valence-corrected chi connectivity index (χ1v) is 19.8. The van der Waals surface area contributed by atoms with Crippen LogP contribution in [0.25, 0.3) is 0 Å². The molecule has 6 aliphatic rings. The molecular formula is C34H58O28. The molecule has 6 saturated heterocycles. The van der Waals surface area contributed by atoms with Crippen LogP contribution in [0.15, 0.2) is 0 Å². The van der Waals surface area contributed by atoms with Gasteiger partial charge < -0.3 is 139 Å². The third-order valence-electron chi connectivity index (χ3n) is 11.6. The molecule has 0 bridgehead atoms. The van der Waals surface area contributed by atoms with Gasteiger partial charge in [-0.2, -0.15) is 0 Å². The van der Waals surface area contributed by atoms with E-state index in [-0.39, 0.29) is 0 Å². The molecule has 17 N–H and O–H groups in total. The van der Waals surface area contributed by atoms with Gasteiger partial charge in [0.1, 0.15) is 128 Å². The van der Waals surface area contributed by atoms with E-state index in [0.717, 1.165) is 0 Å². The first kappa shape index (κ1) is 50.3. The second-order valence-electron chi connectivity index (χ2n) is 15.8. The molecule has 362 valence electrons. The summed E-state index contributed by atoms with van der Waals surface area (Å²) in [5.74, 6) is 0. The zero-order valence-corrected chi connectivity index (χ0v) is 32.8. The Labute approximate surface area is 350 Å². The summed E-state index contributed by atoms with van der Waals surface area (Å²) >= 11 is 0. The van der Waals surface area contributed by atoms with E-state index < -0.39 is 205 Å². The van der Waals surface area contributed by atoms with Crippen molar-refractivity contribution < 1.29 is 139 Å². The third kappa shape index (κ3) is 10.2. The molecule has 6 fully saturated rings. The molecule has 6 rings (SSSR count). The van der Waals surface area contributed by atoms with Crippen molar-refractivity contribution >= 4 is 0 Å². The Hall–Kier alpha value is -1.12. The van der Waals surface area contributed by atoms with Crippen LogP contribution in [-0.4, -0.2) is 292 Å². The van der Waals surface area contributed by atoms with Crippen LogP contribution in [0.1, 0.15) is 6.92 Å². The van der Waals surface area contributed by atoms with Gasteiger partial charge in [-0.1, -0.05) is 0 Å². The number of rotatable bonds is 13. The van der Waals surface area contributed by atoms with Gasteiger partial charge in [-0.05, 0) is 6.92 Å². The zero-order valence-electron chi connectivity index (χ0n) is 32.8. The van der Waals surface area contributed by atoms with Crippen LogP contribution in [0.4, 0.5) is 0 Å². The average molecular weight is 915 g/mol. The smallest absolute Gasteiger partial charge is 0.187 e. The number of hydrogen-bond acceptors (Lipinski definition) is 28. The quantitative estimate of drug-likeness (QED) is 0.0815. The summed E-state index contributed by atoms with van der Waals surface area (Å²) in [6.07, 6.45) is -48.2. The lowest BCUT2D eigenvalue weighted by molar-refractivity contribution is -0.387. The fraction of sp³-hybridized carbons (Fsp3) is 1.00. The molecule has 6 heterocycles. The maximum Gasteiger partial charge on any atom is 0.187 e. The van der Waals surface area contributed by atoms with Crippen molar-refractivity contribution in [3.05, 3.63) is 0 Å². The van der Waals surface area contributed by atoms with Crippen molar-refractivity contribution in [1.82, 2.24) is 0 Å². The number of hydrogen-bond donors (Lipinski definition) is 17. The first-order chi connectivity index (χ1) is 29.3. The highest BCUT2D eigenvalue weighted by Crippen LogP contribution is 2.35.